The van der Waals surface area contributed by atoms with Gasteiger partial charge in [0.2, 0.25) is 0 Å². The van der Waals surface area contributed by atoms with Gasteiger partial charge in [0.05, 0.1) is 15.5 Å². The number of hydrogen-bond donors (Lipinski definition) is 2. The number of benzene rings is 2. The fraction of sp³-hybridized carbons (Fsp3) is 0.0714. The Hall–Kier alpha value is -2.60. The van der Waals surface area contributed by atoms with Crippen LogP contribution in [-0.2, 0) is 6.54 Å². The topological polar surface area (TPSA) is 92.5 Å². The number of hydrogen-bond acceptors (Lipinski definition) is 4. The zero-order valence-electron chi connectivity index (χ0n) is 10.7. The van der Waals surface area contributed by atoms with E-state index in [0.717, 1.165) is 6.07 Å². The fourth-order valence-electron chi connectivity index (χ4n) is 1.73. The first-order valence-corrected chi connectivity index (χ1v) is 6.36. The molecule has 2 N–H and O–H groups in total. The number of rotatable bonds is 4. The smallest absolute Gasteiger partial charge is 0.270 e. The molecule has 0 atom stereocenters. The van der Waals surface area contributed by atoms with Crippen molar-refractivity contribution in [1.29, 1.82) is 0 Å². The zero-order chi connectivity index (χ0) is 15.4. The highest BCUT2D eigenvalue weighted by Gasteiger charge is 2.15. The Labute approximate surface area is 125 Å². The number of nitro groups is 1. The van der Waals surface area contributed by atoms with Crippen LogP contribution in [-0.4, -0.2) is 15.9 Å². The molecule has 0 saturated heterocycles. The third-order valence-electron chi connectivity index (χ3n) is 2.84. The van der Waals surface area contributed by atoms with Gasteiger partial charge >= 0.3 is 0 Å². The van der Waals surface area contributed by atoms with Gasteiger partial charge in [-0.3, -0.25) is 14.9 Å². The number of halogens is 1. The lowest BCUT2D eigenvalue weighted by molar-refractivity contribution is -0.384. The number of aromatic hydroxyl groups is 1. The van der Waals surface area contributed by atoms with E-state index in [-0.39, 0.29) is 28.6 Å². The van der Waals surface area contributed by atoms with Crippen molar-refractivity contribution in [2.75, 3.05) is 0 Å². The third-order valence-corrected chi connectivity index (χ3v) is 3.15. The summed E-state index contributed by atoms with van der Waals surface area (Å²) < 4.78 is 0. The molecule has 0 spiro atoms. The van der Waals surface area contributed by atoms with Crippen LogP contribution in [0.3, 0.4) is 0 Å². The second kappa shape index (κ2) is 6.23. The van der Waals surface area contributed by atoms with E-state index in [1.807, 2.05) is 0 Å². The minimum atomic E-state index is -0.588. The maximum Gasteiger partial charge on any atom is 0.270 e. The van der Waals surface area contributed by atoms with Crippen LogP contribution in [0.1, 0.15) is 15.9 Å². The first-order chi connectivity index (χ1) is 9.99. The van der Waals surface area contributed by atoms with Gasteiger partial charge in [-0.2, -0.15) is 0 Å². The SMILES string of the molecule is O=C(NCc1ccccc1O)c1ccc([N+](=O)[O-])cc1Cl. The molecular weight excluding hydrogens is 296 g/mol. The van der Waals surface area contributed by atoms with Crippen LogP contribution in [0.2, 0.25) is 5.02 Å². The van der Waals surface area contributed by atoms with Crippen molar-refractivity contribution < 1.29 is 14.8 Å². The van der Waals surface area contributed by atoms with E-state index in [4.69, 9.17) is 11.6 Å². The number of phenols is 1. The Balaban J connectivity index is 2.11. The van der Waals surface area contributed by atoms with Crippen LogP contribution in [0.5, 0.6) is 5.75 Å². The van der Waals surface area contributed by atoms with E-state index >= 15 is 0 Å². The normalized spacial score (nSPS) is 10.1. The summed E-state index contributed by atoms with van der Waals surface area (Å²) >= 11 is 5.87. The molecule has 0 aliphatic carbocycles. The van der Waals surface area contributed by atoms with Crippen LogP contribution in [0.25, 0.3) is 0 Å². The molecule has 108 valence electrons. The predicted octanol–water partition coefficient (Wildman–Crippen LogP) is 2.88. The standard InChI is InChI=1S/C14H11ClN2O4/c15-12-7-10(17(20)21)5-6-11(12)14(19)16-8-9-3-1-2-4-13(9)18/h1-7,18H,8H2,(H,16,19). The molecule has 0 heterocycles. The van der Waals surface area contributed by atoms with Crippen molar-refractivity contribution in [1.82, 2.24) is 5.32 Å². The Morgan fingerprint density at radius 1 is 1.29 bits per heavy atom. The maximum atomic E-state index is 12.0. The van der Waals surface area contributed by atoms with E-state index in [0.29, 0.717) is 5.56 Å². The molecule has 0 unspecified atom stereocenters. The van der Waals surface area contributed by atoms with Crippen molar-refractivity contribution in [2.24, 2.45) is 0 Å². The number of para-hydroxylation sites is 1. The Bertz CT molecular complexity index is 703. The Kier molecular flexibility index (Phi) is 4.39. The number of carbonyl (C=O) groups excluding carboxylic acids is 1. The van der Waals surface area contributed by atoms with Crippen LogP contribution in [0, 0.1) is 10.1 Å². The summed E-state index contributed by atoms with van der Waals surface area (Å²) in [6.07, 6.45) is 0. The average molecular weight is 307 g/mol. The number of nitro benzene ring substituents is 1. The summed E-state index contributed by atoms with van der Waals surface area (Å²) in [5, 5.41) is 22.8. The summed E-state index contributed by atoms with van der Waals surface area (Å²) in [7, 11) is 0. The largest absolute Gasteiger partial charge is 0.508 e. The summed E-state index contributed by atoms with van der Waals surface area (Å²) in [6.45, 7) is 0.124. The Morgan fingerprint density at radius 2 is 2.00 bits per heavy atom. The van der Waals surface area contributed by atoms with Crippen molar-refractivity contribution in [3.63, 3.8) is 0 Å². The molecule has 7 heteroatoms. The van der Waals surface area contributed by atoms with E-state index in [9.17, 15) is 20.0 Å². The van der Waals surface area contributed by atoms with Gasteiger partial charge in [0.1, 0.15) is 5.75 Å². The molecule has 1 amide bonds. The van der Waals surface area contributed by atoms with Crippen LogP contribution in [0.4, 0.5) is 5.69 Å². The number of nitrogens with zero attached hydrogens (tertiary/aromatic N) is 1. The monoisotopic (exact) mass is 306 g/mol. The van der Waals surface area contributed by atoms with Gasteiger partial charge in [-0.05, 0) is 12.1 Å². The lowest BCUT2D eigenvalue weighted by Gasteiger charge is -2.08. The van der Waals surface area contributed by atoms with Crippen LogP contribution >= 0.6 is 11.6 Å². The molecule has 0 aromatic heterocycles. The minimum absolute atomic E-state index is 0.000941. The van der Waals surface area contributed by atoms with E-state index in [2.05, 4.69) is 5.32 Å². The molecule has 0 aliphatic heterocycles. The molecule has 21 heavy (non-hydrogen) atoms. The highest BCUT2D eigenvalue weighted by atomic mass is 35.5. The van der Waals surface area contributed by atoms with Gasteiger partial charge in [0.25, 0.3) is 11.6 Å². The highest BCUT2D eigenvalue weighted by molar-refractivity contribution is 6.34. The lowest BCUT2D eigenvalue weighted by atomic mass is 10.1. The van der Waals surface area contributed by atoms with Crippen molar-refractivity contribution in [3.05, 3.63) is 68.7 Å². The number of non-ortho nitro benzene ring substituents is 1. The number of carbonyl (C=O) groups is 1. The molecule has 0 aliphatic rings. The van der Waals surface area contributed by atoms with Crippen LogP contribution in [0.15, 0.2) is 42.5 Å². The van der Waals surface area contributed by atoms with Gasteiger partial charge in [-0.25, -0.2) is 0 Å². The first-order valence-electron chi connectivity index (χ1n) is 5.98. The van der Waals surface area contributed by atoms with Crippen molar-refractivity contribution >= 4 is 23.2 Å². The van der Waals surface area contributed by atoms with E-state index < -0.39 is 10.8 Å². The molecule has 6 nitrogen and oxygen atoms in total. The van der Waals surface area contributed by atoms with Crippen molar-refractivity contribution in [3.8, 4) is 5.75 Å². The molecule has 2 rings (SSSR count). The first kappa shape index (κ1) is 14.8. The summed E-state index contributed by atoms with van der Waals surface area (Å²) in [4.78, 5) is 22.0. The van der Waals surface area contributed by atoms with E-state index in [1.165, 1.54) is 18.2 Å². The van der Waals surface area contributed by atoms with Gasteiger partial charge < -0.3 is 10.4 Å². The maximum absolute atomic E-state index is 12.0. The number of phenolic OH excluding ortho intramolecular Hbond substituents is 1. The molecule has 2 aromatic rings. The predicted molar refractivity (Wildman–Crippen MR) is 77.4 cm³/mol. The molecule has 2 aromatic carbocycles. The molecule has 0 bridgehead atoms. The number of nitrogens with one attached hydrogen (secondary N) is 1. The summed E-state index contributed by atoms with van der Waals surface area (Å²) in [5.74, 6) is -0.397. The summed E-state index contributed by atoms with van der Waals surface area (Å²) in [5.41, 5.74) is 0.513. The Morgan fingerprint density at radius 3 is 2.62 bits per heavy atom. The number of amides is 1. The van der Waals surface area contributed by atoms with E-state index in [1.54, 1.807) is 18.2 Å². The lowest BCUT2D eigenvalue weighted by Crippen LogP contribution is -2.23. The molecule has 0 fully saturated rings. The fourth-order valence-corrected chi connectivity index (χ4v) is 1.99. The average Bonchev–Trinajstić information content (AvgIpc) is 2.46. The second-order valence-electron chi connectivity index (χ2n) is 4.23. The van der Waals surface area contributed by atoms with Crippen molar-refractivity contribution in [2.45, 2.75) is 6.54 Å². The zero-order valence-corrected chi connectivity index (χ0v) is 11.5. The minimum Gasteiger partial charge on any atom is -0.508 e. The summed E-state index contributed by atoms with van der Waals surface area (Å²) in [6, 6.07) is 10.2. The van der Waals surface area contributed by atoms with Gasteiger partial charge in [0, 0.05) is 24.2 Å². The highest BCUT2D eigenvalue weighted by Crippen LogP contribution is 2.22. The van der Waals surface area contributed by atoms with Gasteiger partial charge in [-0.1, -0.05) is 29.8 Å². The molecule has 0 radical (unpaired) electrons. The van der Waals surface area contributed by atoms with Crippen LogP contribution < -0.4 is 5.32 Å². The van der Waals surface area contributed by atoms with Gasteiger partial charge in [-0.15, -0.1) is 0 Å². The second-order valence-corrected chi connectivity index (χ2v) is 4.64. The molecule has 0 saturated carbocycles. The quantitative estimate of drug-likeness (QED) is 0.671. The third kappa shape index (κ3) is 3.49. The van der Waals surface area contributed by atoms with Gasteiger partial charge in [0.15, 0.2) is 0 Å². The molecular formula is C14H11ClN2O4.